The Balaban J connectivity index is 1.66. The van der Waals surface area contributed by atoms with Crippen molar-refractivity contribution in [2.75, 3.05) is 18.5 Å². The van der Waals surface area contributed by atoms with E-state index in [0.29, 0.717) is 42.1 Å². The fourth-order valence-corrected chi connectivity index (χ4v) is 2.54. The van der Waals surface area contributed by atoms with E-state index in [1.54, 1.807) is 30.3 Å². The summed E-state index contributed by atoms with van der Waals surface area (Å²) < 4.78 is 16.8. The highest BCUT2D eigenvalue weighted by atomic mass is 35.5. The maximum Gasteiger partial charge on any atom is 0.221 e. The van der Waals surface area contributed by atoms with Gasteiger partial charge in [0.15, 0.2) is 11.5 Å². The van der Waals surface area contributed by atoms with Crippen LogP contribution in [-0.4, -0.2) is 19.1 Å². The smallest absolute Gasteiger partial charge is 0.221 e. The maximum absolute atomic E-state index is 11.0. The summed E-state index contributed by atoms with van der Waals surface area (Å²) >= 11 is 6.20. The molecule has 0 bridgehead atoms. The molecule has 2 aromatic rings. The number of ether oxygens (including phenoxy) is 3. The number of carbonyl (C=O) groups is 1. The standard InChI is InChI=1S/C17H16ClNO4/c1-11(20)19-13-2-4-14(5-3-13)23-10-12-8-15(18)17-16(9-12)21-6-7-22-17/h2-5,8-9H,6-7,10H2,1H3,(H,19,20). The van der Waals surface area contributed by atoms with Crippen LogP contribution in [0.15, 0.2) is 36.4 Å². The van der Waals surface area contributed by atoms with Gasteiger partial charge >= 0.3 is 0 Å². The van der Waals surface area contributed by atoms with E-state index in [0.717, 1.165) is 11.3 Å². The minimum Gasteiger partial charge on any atom is -0.489 e. The fourth-order valence-electron chi connectivity index (χ4n) is 2.25. The van der Waals surface area contributed by atoms with Gasteiger partial charge in [-0.25, -0.2) is 0 Å². The molecule has 0 spiro atoms. The van der Waals surface area contributed by atoms with Crippen LogP contribution in [0, 0.1) is 0 Å². The van der Waals surface area contributed by atoms with Crippen molar-refractivity contribution in [1.82, 2.24) is 0 Å². The molecule has 1 amide bonds. The number of carbonyl (C=O) groups excluding carboxylic acids is 1. The molecule has 2 aromatic carbocycles. The number of hydrogen-bond acceptors (Lipinski definition) is 4. The molecule has 0 saturated heterocycles. The van der Waals surface area contributed by atoms with Gasteiger partial charge in [-0.2, -0.15) is 0 Å². The molecule has 23 heavy (non-hydrogen) atoms. The molecule has 1 N–H and O–H groups in total. The molecule has 0 aromatic heterocycles. The minimum atomic E-state index is -0.107. The molecule has 0 fully saturated rings. The van der Waals surface area contributed by atoms with Crippen LogP contribution in [0.4, 0.5) is 5.69 Å². The molecule has 120 valence electrons. The summed E-state index contributed by atoms with van der Waals surface area (Å²) in [6, 6.07) is 10.8. The maximum atomic E-state index is 11.0. The van der Waals surface area contributed by atoms with Crippen LogP contribution >= 0.6 is 11.6 Å². The zero-order chi connectivity index (χ0) is 16.2. The number of hydrogen-bond donors (Lipinski definition) is 1. The van der Waals surface area contributed by atoms with Crippen molar-refractivity contribution in [3.05, 3.63) is 47.0 Å². The summed E-state index contributed by atoms with van der Waals surface area (Å²) in [7, 11) is 0. The van der Waals surface area contributed by atoms with Gasteiger partial charge < -0.3 is 19.5 Å². The van der Waals surface area contributed by atoms with Crippen LogP contribution in [-0.2, 0) is 11.4 Å². The Morgan fingerprint density at radius 3 is 2.70 bits per heavy atom. The molecular formula is C17H16ClNO4. The van der Waals surface area contributed by atoms with Gasteiger partial charge in [0.1, 0.15) is 25.6 Å². The van der Waals surface area contributed by atoms with Crippen LogP contribution in [0.25, 0.3) is 0 Å². The van der Waals surface area contributed by atoms with E-state index in [-0.39, 0.29) is 5.91 Å². The lowest BCUT2D eigenvalue weighted by atomic mass is 10.2. The van der Waals surface area contributed by atoms with Crippen LogP contribution in [0.2, 0.25) is 5.02 Å². The largest absolute Gasteiger partial charge is 0.489 e. The Hall–Kier alpha value is -2.40. The van der Waals surface area contributed by atoms with E-state index in [9.17, 15) is 4.79 Å². The number of nitrogens with one attached hydrogen (secondary N) is 1. The van der Waals surface area contributed by atoms with Crippen molar-refractivity contribution in [3.8, 4) is 17.2 Å². The summed E-state index contributed by atoms with van der Waals surface area (Å²) in [5.74, 6) is 1.82. The first-order valence-corrected chi connectivity index (χ1v) is 7.58. The van der Waals surface area contributed by atoms with E-state index in [4.69, 9.17) is 25.8 Å². The van der Waals surface area contributed by atoms with Crippen LogP contribution in [0.3, 0.4) is 0 Å². The molecule has 1 heterocycles. The quantitative estimate of drug-likeness (QED) is 0.928. The number of rotatable bonds is 4. The molecule has 6 heteroatoms. The Labute approximate surface area is 139 Å². The number of fused-ring (bicyclic) bond motifs is 1. The summed E-state index contributed by atoms with van der Waals surface area (Å²) in [6.45, 7) is 2.84. The van der Waals surface area contributed by atoms with E-state index in [1.165, 1.54) is 6.92 Å². The molecule has 0 radical (unpaired) electrons. The predicted octanol–water partition coefficient (Wildman–Crippen LogP) is 3.65. The van der Waals surface area contributed by atoms with Crippen LogP contribution in [0.5, 0.6) is 17.2 Å². The molecule has 3 rings (SSSR count). The Morgan fingerprint density at radius 1 is 1.22 bits per heavy atom. The third-order valence-electron chi connectivity index (χ3n) is 3.24. The third kappa shape index (κ3) is 3.87. The van der Waals surface area contributed by atoms with Gasteiger partial charge in [-0.15, -0.1) is 0 Å². The molecule has 5 nitrogen and oxygen atoms in total. The lowest BCUT2D eigenvalue weighted by molar-refractivity contribution is -0.114. The van der Waals surface area contributed by atoms with Gasteiger partial charge in [-0.1, -0.05) is 11.6 Å². The van der Waals surface area contributed by atoms with Crippen molar-refractivity contribution in [2.24, 2.45) is 0 Å². The molecule has 1 aliphatic heterocycles. The van der Waals surface area contributed by atoms with E-state index < -0.39 is 0 Å². The summed E-state index contributed by atoms with van der Waals surface area (Å²) in [4.78, 5) is 11.0. The first kappa shape index (κ1) is 15.5. The summed E-state index contributed by atoms with van der Waals surface area (Å²) in [6.07, 6.45) is 0. The van der Waals surface area contributed by atoms with Gasteiger partial charge in [0.05, 0.1) is 5.02 Å². The lowest BCUT2D eigenvalue weighted by Crippen LogP contribution is -2.16. The van der Waals surface area contributed by atoms with E-state index in [2.05, 4.69) is 5.32 Å². The Morgan fingerprint density at radius 2 is 1.96 bits per heavy atom. The summed E-state index contributed by atoms with van der Waals surface area (Å²) in [5.41, 5.74) is 1.62. The Kier molecular flexibility index (Phi) is 4.57. The second-order valence-electron chi connectivity index (χ2n) is 5.10. The highest BCUT2D eigenvalue weighted by Crippen LogP contribution is 2.38. The van der Waals surface area contributed by atoms with Gasteiger partial charge in [0, 0.05) is 12.6 Å². The van der Waals surface area contributed by atoms with Crippen molar-refractivity contribution >= 4 is 23.2 Å². The first-order chi connectivity index (χ1) is 11.1. The third-order valence-corrected chi connectivity index (χ3v) is 3.52. The monoisotopic (exact) mass is 333 g/mol. The molecular weight excluding hydrogens is 318 g/mol. The van der Waals surface area contributed by atoms with Gasteiger partial charge in [0.2, 0.25) is 5.91 Å². The topological polar surface area (TPSA) is 56.8 Å². The number of halogens is 1. The lowest BCUT2D eigenvalue weighted by Gasteiger charge is -2.20. The van der Waals surface area contributed by atoms with Crippen molar-refractivity contribution in [3.63, 3.8) is 0 Å². The fraction of sp³-hybridized carbons (Fsp3) is 0.235. The highest BCUT2D eigenvalue weighted by Gasteiger charge is 2.16. The normalized spacial score (nSPS) is 12.6. The number of amides is 1. The van der Waals surface area contributed by atoms with E-state index in [1.807, 2.05) is 6.07 Å². The molecule has 0 unspecified atom stereocenters. The minimum absolute atomic E-state index is 0.107. The molecule has 1 aliphatic rings. The predicted molar refractivity (Wildman–Crippen MR) is 87.5 cm³/mol. The number of anilines is 1. The molecule has 0 atom stereocenters. The second-order valence-corrected chi connectivity index (χ2v) is 5.50. The van der Waals surface area contributed by atoms with Crippen molar-refractivity contribution in [1.29, 1.82) is 0 Å². The van der Waals surface area contributed by atoms with Crippen molar-refractivity contribution in [2.45, 2.75) is 13.5 Å². The van der Waals surface area contributed by atoms with Crippen molar-refractivity contribution < 1.29 is 19.0 Å². The average molecular weight is 334 g/mol. The summed E-state index contributed by atoms with van der Waals surface area (Å²) in [5, 5.41) is 3.22. The average Bonchev–Trinajstić information content (AvgIpc) is 2.54. The van der Waals surface area contributed by atoms with Crippen LogP contribution in [0.1, 0.15) is 12.5 Å². The van der Waals surface area contributed by atoms with E-state index >= 15 is 0 Å². The zero-order valence-corrected chi connectivity index (χ0v) is 13.4. The Bertz CT molecular complexity index is 715. The second kappa shape index (κ2) is 6.79. The van der Waals surface area contributed by atoms with Gasteiger partial charge in [-0.05, 0) is 42.0 Å². The van der Waals surface area contributed by atoms with Gasteiger partial charge in [-0.3, -0.25) is 4.79 Å². The zero-order valence-electron chi connectivity index (χ0n) is 12.6. The SMILES string of the molecule is CC(=O)Nc1ccc(OCc2cc(Cl)c3c(c2)OCCO3)cc1. The van der Waals surface area contributed by atoms with Gasteiger partial charge in [0.25, 0.3) is 0 Å². The molecule has 0 aliphatic carbocycles. The highest BCUT2D eigenvalue weighted by molar-refractivity contribution is 6.32. The van der Waals surface area contributed by atoms with Crippen LogP contribution < -0.4 is 19.5 Å². The molecule has 0 saturated carbocycles. The number of benzene rings is 2. The first-order valence-electron chi connectivity index (χ1n) is 7.20.